The molecule has 0 aromatic heterocycles. The van der Waals surface area contributed by atoms with Gasteiger partial charge in [0.15, 0.2) is 0 Å². The summed E-state index contributed by atoms with van der Waals surface area (Å²) >= 11 is 5.77. The molecule has 2 unspecified atom stereocenters. The lowest BCUT2D eigenvalue weighted by molar-refractivity contribution is -0.146. The standard InChI is InChI=1S/C15H13ClF3NO3/c16-11-7-8(15(17,18)19)5-6-12(11)20-13(21)9-3-1-2-4-10(9)14(22)23/h1-2,5-7,9-10H,3-4H2,(H,20,21)(H,22,23). The van der Waals surface area contributed by atoms with Gasteiger partial charge in [-0.1, -0.05) is 23.8 Å². The molecule has 1 aliphatic rings. The first-order valence-corrected chi connectivity index (χ1v) is 7.13. The molecule has 0 radical (unpaired) electrons. The van der Waals surface area contributed by atoms with Crippen LogP contribution in [0.4, 0.5) is 18.9 Å². The van der Waals surface area contributed by atoms with Gasteiger partial charge >= 0.3 is 12.1 Å². The largest absolute Gasteiger partial charge is 0.481 e. The number of halogens is 4. The Morgan fingerprint density at radius 3 is 2.30 bits per heavy atom. The van der Waals surface area contributed by atoms with Crippen LogP contribution in [0.1, 0.15) is 18.4 Å². The number of carboxylic acids is 1. The van der Waals surface area contributed by atoms with Crippen molar-refractivity contribution in [3.05, 3.63) is 40.9 Å². The fourth-order valence-electron chi connectivity index (χ4n) is 2.40. The van der Waals surface area contributed by atoms with Crippen LogP contribution in [0.3, 0.4) is 0 Å². The van der Waals surface area contributed by atoms with E-state index in [0.29, 0.717) is 6.07 Å². The van der Waals surface area contributed by atoms with Gasteiger partial charge < -0.3 is 10.4 Å². The molecule has 0 fully saturated rings. The SMILES string of the molecule is O=C(O)C1CC=CCC1C(=O)Nc1ccc(C(F)(F)F)cc1Cl. The minimum absolute atomic E-state index is 0.0170. The van der Waals surface area contributed by atoms with E-state index >= 15 is 0 Å². The van der Waals surface area contributed by atoms with Crippen molar-refractivity contribution < 1.29 is 27.9 Å². The lowest BCUT2D eigenvalue weighted by Gasteiger charge is -2.24. The Kier molecular flexibility index (Phi) is 4.99. The summed E-state index contributed by atoms with van der Waals surface area (Å²) in [7, 11) is 0. The fourth-order valence-corrected chi connectivity index (χ4v) is 2.62. The number of allylic oxidation sites excluding steroid dienone is 2. The minimum atomic E-state index is -4.53. The molecule has 1 aromatic rings. The van der Waals surface area contributed by atoms with E-state index in [9.17, 15) is 22.8 Å². The molecule has 0 aliphatic heterocycles. The van der Waals surface area contributed by atoms with Crippen LogP contribution in [-0.2, 0) is 15.8 Å². The smallest absolute Gasteiger partial charge is 0.416 e. The molecule has 0 saturated heterocycles. The Balaban J connectivity index is 2.17. The van der Waals surface area contributed by atoms with Crippen molar-refractivity contribution in [2.24, 2.45) is 11.8 Å². The summed E-state index contributed by atoms with van der Waals surface area (Å²) in [6.07, 6.45) is -0.657. The summed E-state index contributed by atoms with van der Waals surface area (Å²) in [5, 5.41) is 11.3. The molecular weight excluding hydrogens is 335 g/mol. The van der Waals surface area contributed by atoms with Crippen molar-refractivity contribution in [2.45, 2.75) is 19.0 Å². The van der Waals surface area contributed by atoms with Gasteiger partial charge in [-0.15, -0.1) is 0 Å². The van der Waals surface area contributed by atoms with Gasteiger partial charge in [-0.05, 0) is 31.0 Å². The van der Waals surface area contributed by atoms with E-state index in [-0.39, 0.29) is 23.6 Å². The number of anilines is 1. The normalized spacial score (nSPS) is 21.0. The quantitative estimate of drug-likeness (QED) is 0.813. The molecular formula is C15H13ClF3NO3. The van der Waals surface area contributed by atoms with E-state index in [4.69, 9.17) is 16.7 Å². The lowest BCUT2D eigenvalue weighted by atomic mass is 9.82. The van der Waals surface area contributed by atoms with E-state index in [1.807, 2.05) is 0 Å². The van der Waals surface area contributed by atoms with Crippen molar-refractivity contribution in [2.75, 3.05) is 5.32 Å². The maximum atomic E-state index is 12.6. The number of aliphatic carboxylic acids is 1. The number of carboxylic acid groups (broad SMARTS) is 1. The highest BCUT2D eigenvalue weighted by Gasteiger charge is 2.35. The second-order valence-corrected chi connectivity index (χ2v) is 5.58. The molecule has 2 N–H and O–H groups in total. The van der Waals surface area contributed by atoms with E-state index in [2.05, 4.69) is 5.32 Å². The van der Waals surface area contributed by atoms with Crippen LogP contribution in [0.2, 0.25) is 5.02 Å². The second-order valence-electron chi connectivity index (χ2n) is 5.18. The Morgan fingerprint density at radius 2 is 1.78 bits per heavy atom. The summed E-state index contributed by atoms with van der Waals surface area (Å²) < 4.78 is 37.7. The number of carbonyl (C=O) groups is 2. The predicted molar refractivity (Wildman–Crippen MR) is 78.1 cm³/mol. The number of hydrogen-bond donors (Lipinski definition) is 2. The first-order chi connectivity index (χ1) is 10.7. The molecule has 1 amide bonds. The first kappa shape index (κ1) is 17.3. The van der Waals surface area contributed by atoms with Gasteiger partial charge in [0.05, 0.1) is 28.1 Å². The van der Waals surface area contributed by atoms with E-state index in [0.717, 1.165) is 12.1 Å². The first-order valence-electron chi connectivity index (χ1n) is 6.75. The molecule has 0 saturated carbocycles. The van der Waals surface area contributed by atoms with Gasteiger partial charge in [-0.2, -0.15) is 13.2 Å². The Bertz CT molecular complexity index is 658. The van der Waals surface area contributed by atoms with Gasteiger partial charge in [0, 0.05) is 0 Å². The maximum Gasteiger partial charge on any atom is 0.416 e. The molecule has 0 heterocycles. The number of rotatable bonds is 3. The van der Waals surface area contributed by atoms with Crippen molar-refractivity contribution in [1.82, 2.24) is 0 Å². The average Bonchev–Trinajstić information content (AvgIpc) is 2.48. The topological polar surface area (TPSA) is 66.4 Å². The molecule has 8 heteroatoms. The number of benzene rings is 1. The van der Waals surface area contributed by atoms with Crippen LogP contribution in [0, 0.1) is 11.8 Å². The zero-order chi connectivity index (χ0) is 17.2. The van der Waals surface area contributed by atoms with Gasteiger partial charge in [0.2, 0.25) is 5.91 Å². The molecule has 23 heavy (non-hydrogen) atoms. The van der Waals surface area contributed by atoms with Gasteiger partial charge in [0.25, 0.3) is 0 Å². The third-order valence-electron chi connectivity index (χ3n) is 3.64. The number of nitrogens with one attached hydrogen (secondary N) is 1. The maximum absolute atomic E-state index is 12.6. The third-order valence-corrected chi connectivity index (χ3v) is 3.95. The Labute approximate surface area is 134 Å². The summed E-state index contributed by atoms with van der Waals surface area (Å²) in [6, 6.07) is 2.57. The second kappa shape index (κ2) is 6.62. The number of hydrogen-bond acceptors (Lipinski definition) is 2. The highest BCUT2D eigenvalue weighted by molar-refractivity contribution is 6.33. The molecule has 124 valence electrons. The lowest BCUT2D eigenvalue weighted by Crippen LogP contribution is -2.34. The van der Waals surface area contributed by atoms with E-state index < -0.39 is 35.5 Å². The molecule has 4 nitrogen and oxygen atoms in total. The molecule has 1 aliphatic carbocycles. The summed E-state index contributed by atoms with van der Waals surface area (Å²) in [5.41, 5.74) is -0.909. The van der Waals surface area contributed by atoms with Crippen LogP contribution in [0.25, 0.3) is 0 Å². The van der Waals surface area contributed by atoms with Crippen molar-refractivity contribution in [3.63, 3.8) is 0 Å². The monoisotopic (exact) mass is 347 g/mol. The van der Waals surface area contributed by atoms with Crippen LogP contribution >= 0.6 is 11.6 Å². The van der Waals surface area contributed by atoms with Gasteiger partial charge in [-0.3, -0.25) is 9.59 Å². The molecule has 2 rings (SSSR count). The van der Waals surface area contributed by atoms with Crippen molar-refractivity contribution >= 4 is 29.2 Å². The fraction of sp³-hybridized carbons (Fsp3) is 0.333. The van der Waals surface area contributed by atoms with Crippen molar-refractivity contribution in [1.29, 1.82) is 0 Å². The summed E-state index contributed by atoms with van der Waals surface area (Å²) in [5.74, 6) is -3.33. The predicted octanol–water partition coefficient (Wildman–Crippen LogP) is 3.96. The average molecular weight is 348 g/mol. The number of carbonyl (C=O) groups excluding carboxylic acids is 1. The van der Waals surface area contributed by atoms with Crippen LogP contribution in [-0.4, -0.2) is 17.0 Å². The van der Waals surface area contributed by atoms with Crippen LogP contribution in [0.5, 0.6) is 0 Å². The summed E-state index contributed by atoms with van der Waals surface area (Å²) in [6.45, 7) is 0. The van der Waals surface area contributed by atoms with Crippen LogP contribution in [0.15, 0.2) is 30.4 Å². The Morgan fingerprint density at radius 1 is 1.17 bits per heavy atom. The van der Waals surface area contributed by atoms with Gasteiger partial charge in [0.1, 0.15) is 0 Å². The highest BCUT2D eigenvalue weighted by Crippen LogP contribution is 2.34. The van der Waals surface area contributed by atoms with Crippen LogP contribution < -0.4 is 5.32 Å². The number of alkyl halides is 3. The van der Waals surface area contributed by atoms with E-state index in [1.54, 1.807) is 12.2 Å². The summed E-state index contributed by atoms with van der Waals surface area (Å²) in [4.78, 5) is 23.4. The van der Waals surface area contributed by atoms with Crippen molar-refractivity contribution in [3.8, 4) is 0 Å². The molecule has 2 atom stereocenters. The zero-order valence-corrected chi connectivity index (χ0v) is 12.5. The third kappa shape index (κ3) is 4.04. The van der Waals surface area contributed by atoms with E-state index in [1.165, 1.54) is 0 Å². The molecule has 1 aromatic carbocycles. The minimum Gasteiger partial charge on any atom is -0.481 e. The van der Waals surface area contributed by atoms with Gasteiger partial charge in [-0.25, -0.2) is 0 Å². The zero-order valence-electron chi connectivity index (χ0n) is 11.7. The molecule has 0 spiro atoms. The molecule has 0 bridgehead atoms. The number of amides is 1. The highest BCUT2D eigenvalue weighted by atomic mass is 35.5. The Hall–Kier alpha value is -2.02.